The third-order valence-corrected chi connectivity index (χ3v) is 12.9. The van der Waals surface area contributed by atoms with Crippen molar-refractivity contribution in [3.63, 3.8) is 0 Å². The Hall–Kier alpha value is -5.75. The topological polar surface area (TPSA) is 183 Å². The van der Waals surface area contributed by atoms with Gasteiger partial charge in [0.1, 0.15) is 34.9 Å². The number of amides is 1. The number of halogens is 7. The van der Waals surface area contributed by atoms with Gasteiger partial charge in [-0.1, -0.05) is 118 Å². The molecule has 8 N–H and O–H groups in total. The molecular formula is C57H66ClF6MgN7O3. The smallest absolute Gasteiger partial charge is 1.00 e. The van der Waals surface area contributed by atoms with Crippen LogP contribution in [0, 0.1) is 53.2 Å². The molecule has 1 unspecified atom stereocenters. The Labute approximate surface area is 458 Å². The average molecular weight is 1070 g/mol. The van der Waals surface area contributed by atoms with E-state index < -0.39 is 40.4 Å². The van der Waals surface area contributed by atoms with Gasteiger partial charge in [-0.2, -0.15) is 12.8 Å². The van der Waals surface area contributed by atoms with Crippen LogP contribution in [0.1, 0.15) is 129 Å². The normalized spacial score (nSPS) is 17.2. The summed E-state index contributed by atoms with van der Waals surface area (Å²) >= 11 is 0. The first-order chi connectivity index (χ1) is 35.1. The third-order valence-electron chi connectivity index (χ3n) is 12.9. The molecule has 9 rings (SSSR count). The molecule has 0 saturated heterocycles. The molecule has 75 heavy (non-hydrogen) atoms. The summed E-state index contributed by atoms with van der Waals surface area (Å²) in [4.78, 5) is 47.2. The Bertz CT molecular complexity index is 2560. The Balaban J connectivity index is 0.000000269. The van der Waals surface area contributed by atoms with Crippen LogP contribution in [0.2, 0.25) is 0 Å². The van der Waals surface area contributed by atoms with E-state index in [0.717, 1.165) is 81.5 Å². The van der Waals surface area contributed by atoms with Gasteiger partial charge in [-0.25, -0.2) is 36.3 Å². The molecule has 398 valence electrons. The van der Waals surface area contributed by atoms with Gasteiger partial charge in [-0.05, 0) is 90.3 Å². The number of benzene rings is 5. The van der Waals surface area contributed by atoms with Crippen LogP contribution in [0.5, 0.6) is 0 Å². The van der Waals surface area contributed by atoms with E-state index in [1.54, 1.807) is 24.3 Å². The summed E-state index contributed by atoms with van der Waals surface area (Å²) in [5.74, 6) is -4.50. The summed E-state index contributed by atoms with van der Waals surface area (Å²) in [5, 5.41) is 0. The molecule has 4 aliphatic rings. The summed E-state index contributed by atoms with van der Waals surface area (Å²) in [7, 11) is 0. The maximum atomic E-state index is 13.7. The predicted molar refractivity (Wildman–Crippen MR) is 279 cm³/mol. The van der Waals surface area contributed by atoms with Gasteiger partial charge >= 0.3 is 23.1 Å². The van der Waals surface area contributed by atoms with Gasteiger partial charge in [0.15, 0.2) is 17.5 Å². The van der Waals surface area contributed by atoms with E-state index in [1.807, 2.05) is 36.4 Å². The van der Waals surface area contributed by atoms with Gasteiger partial charge in [-0.3, -0.25) is 19.3 Å². The Morgan fingerprint density at radius 3 is 1.51 bits per heavy atom. The van der Waals surface area contributed by atoms with Crippen molar-refractivity contribution in [3.8, 4) is 0 Å². The molecule has 10 nitrogen and oxygen atoms in total. The second-order valence-electron chi connectivity index (χ2n) is 18.4. The number of carbonyl (C=O) groups is 3. The quantitative estimate of drug-likeness (QED) is 0.0208. The maximum absolute atomic E-state index is 13.7. The zero-order valence-corrected chi connectivity index (χ0v) is 44.3. The molecule has 18 heteroatoms. The van der Waals surface area contributed by atoms with Crippen LogP contribution >= 0.6 is 0 Å². The minimum absolute atomic E-state index is 0. The second-order valence-corrected chi connectivity index (χ2v) is 18.4. The van der Waals surface area contributed by atoms with Crippen molar-refractivity contribution in [1.29, 1.82) is 0 Å². The van der Waals surface area contributed by atoms with E-state index in [1.165, 1.54) is 79.8 Å². The molecule has 1 amide bonds. The Morgan fingerprint density at radius 1 is 0.627 bits per heavy atom. The number of guanidine groups is 2. The molecule has 3 fully saturated rings. The molecule has 0 bridgehead atoms. The monoisotopic (exact) mass is 1070 g/mol. The van der Waals surface area contributed by atoms with Crippen LogP contribution in [0.25, 0.3) is 0 Å². The first-order valence-electron chi connectivity index (χ1n) is 24.9. The van der Waals surface area contributed by atoms with Crippen LogP contribution in [0.3, 0.4) is 0 Å². The SMILES string of the molecule is NC(N)=NCc1cc(F)cc(F)c1.NC1=NC(c2ccccc2)(C2CCCCC2)C(=O)N1Cc1cc(F)cc(F)c1.NCc1cc(F)cc(F)c1.O=C(C(=O)C1CCCCC1)c1ccccc1.[CH-]1CCCCC1.[Cl-].[Mg+2]. The fourth-order valence-electron chi connectivity index (χ4n) is 9.33. The standard InChI is InChI=1S/C22H23F2N3O.C14H16O2.C8H9F2N3.C7H7F2N.C6H11.ClH.Mg/c23-18-11-15(12-19(24)13-18)14-27-20(28)22(26-21(27)25,16-7-3-1-4-8-16)17-9-5-2-6-10-17;15-13(11-7-3-1-4-8-11)14(16)12-9-5-2-6-10-12;9-6-1-5(2-7(10)3-6)4-13-8(11)12;8-6-1-5(4-10)2-7(9)3-6;1-2-4-6-5-3-1;;/h1,3-4,7-8,11-13,17H,2,5-6,9-10,14H2,(H2,25,26);1,3-4,7-8,12H,2,5-6,9-10H2;1-3H,4H2,(H4,11,12,13);1-3H,4,10H2;1H,2-6H2;1H;/q;;;;-1;;+2/p-1. The van der Waals surface area contributed by atoms with E-state index >= 15 is 0 Å². The molecular weight excluding hydrogens is 1000 g/mol. The molecule has 0 aromatic heterocycles. The van der Waals surface area contributed by atoms with E-state index in [-0.39, 0.29) is 96.3 Å². The van der Waals surface area contributed by atoms with Gasteiger partial charge in [0.2, 0.25) is 11.6 Å². The summed E-state index contributed by atoms with van der Waals surface area (Å²) < 4.78 is 77.0. The van der Waals surface area contributed by atoms with Crippen LogP contribution in [0.15, 0.2) is 125 Å². The molecule has 1 heterocycles. The van der Waals surface area contributed by atoms with Crippen molar-refractivity contribution in [3.05, 3.63) is 184 Å². The van der Waals surface area contributed by atoms with Crippen molar-refractivity contribution in [2.45, 2.75) is 121 Å². The molecule has 0 spiro atoms. The number of hydrogen-bond acceptors (Lipinski definition) is 7. The van der Waals surface area contributed by atoms with Crippen LogP contribution in [-0.4, -0.2) is 57.3 Å². The maximum Gasteiger partial charge on any atom is 2.00 e. The molecule has 1 atom stereocenters. The summed E-state index contributed by atoms with van der Waals surface area (Å²) in [6.07, 6.45) is 19.7. The number of rotatable bonds is 10. The summed E-state index contributed by atoms with van der Waals surface area (Å²) in [6.45, 7) is 0.232. The minimum Gasteiger partial charge on any atom is -1.00 e. The van der Waals surface area contributed by atoms with Crippen LogP contribution in [-0.2, 0) is 34.8 Å². The van der Waals surface area contributed by atoms with E-state index in [2.05, 4.69) is 11.4 Å². The Morgan fingerprint density at radius 2 is 1.07 bits per heavy atom. The molecule has 1 aliphatic heterocycles. The molecule has 5 aromatic rings. The zero-order chi connectivity index (χ0) is 52.8. The van der Waals surface area contributed by atoms with Gasteiger partial charge in [-0.15, -0.1) is 0 Å². The van der Waals surface area contributed by atoms with Crippen LogP contribution < -0.4 is 35.3 Å². The zero-order valence-electron chi connectivity index (χ0n) is 42.2. The van der Waals surface area contributed by atoms with Crippen LogP contribution in [0.4, 0.5) is 26.3 Å². The first kappa shape index (κ1) is 63.5. The molecule has 3 saturated carbocycles. The molecule has 0 radical (unpaired) electrons. The number of nitrogens with zero attached hydrogens (tertiary/aromatic N) is 3. The first-order valence-corrected chi connectivity index (χ1v) is 24.9. The predicted octanol–water partition coefficient (Wildman–Crippen LogP) is 8.06. The molecule has 3 aliphatic carbocycles. The number of ketones is 2. The van der Waals surface area contributed by atoms with Crippen molar-refractivity contribution in [1.82, 2.24) is 4.90 Å². The van der Waals surface area contributed by atoms with Crippen molar-refractivity contribution in [2.24, 2.45) is 44.8 Å². The average Bonchev–Trinajstić information content (AvgIpc) is 3.64. The van der Waals surface area contributed by atoms with Gasteiger partial charge < -0.3 is 41.8 Å². The van der Waals surface area contributed by atoms with Crippen molar-refractivity contribution < 1.29 is 53.1 Å². The minimum atomic E-state index is -1.06. The number of carbonyl (C=O) groups excluding carboxylic acids is 3. The number of Topliss-reactive ketones (excluding diaryl/α,β-unsaturated/α-hetero) is 2. The fourth-order valence-corrected chi connectivity index (χ4v) is 9.33. The van der Waals surface area contributed by atoms with E-state index in [0.29, 0.717) is 22.3 Å². The Kier molecular flexibility index (Phi) is 27.6. The van der Waals surface area contributed by atoms with Crippen molar-refractivity contribution >= 4 is 52.4 Å². The third kappa shape index (κ3) is 20.0. The van der Waals surface area contributed by atoms with Gasteiger partial charge in [0, 0.05) is 36.2 Å². The summed E-state index contributed by atoms with van der Waals surface area (Å²) in [5.41, 5.74) is 22.9. The number of nitrogens with two attached hydrogens (primary N) is 4. The molecule has 5 aromatic carbocycles. The largest absolute Gasteiger partial charge is 2.00 e. The second kappa shape index (κ2) is 32.6. The summed E-state index contributed by atoms with van der Waals surface area (Å²) in [6, 6.07) is 28.0. The number of hydrogen-bond donors (Lipinski definition) is 4. The van der Waals surface area contributed by atoms with E-state index in [9.17, 15) is 40.7 Å². The van der Waals surface area contributed by atoms with Crippen molar-refractivity contribution in [2.75, 3.05) is 0 Å². The fraction of sp³-hybridized carbons (Fsp3) is 0.368. The van der Waals surface area contributed by atoms with E-state index in [4.69, 9.17) is 27.9 Å². The van der Waals surface area contributed by atoms with Gasteiger partial charge in [0.05, 0.1) is 13.1 Å². The van der Waals surface area contributed by atoms with Gasteiger partial charge in [0.25, 0.3) is 5.91 Å². The number of aliphatic imine (C=N–C) groups is 2.